The van der Waals surface area contributed by atoms with E-state index in [0.717, 1.165) is 25.2 Å². The predicted octanol–water partition coefficient (Wildman–Crippen LogP) is 1.48. The highest BCUT2D eigenvalue weighted by Gasteiger charge is 2.32. The third-order valence-electron chi connectivity index (χ3n) is 4.64. The monoisotopic (exact) mass is 232 g/mol. The summed E-state index contributed by atoms with van der Waals surface area (Å²) in [7, 11) is 0. The zero-order chi connectivity index (χ0) is 12.2. The molecule has 1 aromatic heterocycles. The molecule has 3 rings (SSSR count). The summed E-state index contributed by atoms with van der Waals surface area (Å²) < 4.78 is 2.05. The summed E-state index contributed by atoms with van der Waals surface area (Å²) in [5, 5.41) is 3.49. The van der Waals surface area contributed by atoms with Gasteiger partial charge >= 0.3 is 0 Å². The molecule has 3 heteroatoms. The number of aromatic nitrogens is 1. The Morgan fingerprint density at radius 1 is 1.12 bits per heavy atom. The van der Waals surface area contributed by atoms with E-state index in [9.17, 15) is 4.79 Å². The van der Waals surface area contributed by atoms with Crippen molar-refractivity contribution in [1.82, 2.24) is 9.88 Å². The lowest BCUT2D eigenvalue weighted by Gasteiger charge is -2.39. The van der Waals surface area contributed by atoms with Gasteiger partial charge in [0.1, 0.15) is 0 Å². The van der Waals surface area contributed by atoms with Gasteiger partial charge in [0.05, 0.1) is 0 Å². The van der Waals surface area contributed by atoms with Crippen molar-refractivity contribution in [2.24, 2.45) is 5.92 Å². The normalized spacial score (nSPS) is 26.8. The van der Waals surface area contributed by atoms with Gasteiger partial charge in [-0.05, 0) is 50.8 Å². The van der Waals surface area contributed by atoms with E-state index in [1.807, 2.05) is 6.92 Å². The first kappa shape index (κ1) is 11.0. The molecule has 1 saturated heterocycles. The Hall–Kier alpha value is -1.09. The minimum atomic E-state index is 0.236. The summed E-state index contributed by atoms with van der Waals surface area (Å²) in [4.78, 5) is 12.4. The number of fused-ring (bicyclic) bond motifs is 4. The predicted molar refractivity (Wildman–Crippen MR) is 68.6 cm³/mol. The zero-order valence-corrected chi connectivity index (χ0v) is 10.8. The van der Waals surface area contributed by atoms with Crippen molar-refractivity contribution < 1.29 is 0 Å². The quantitative estimate of drug-likeness (QED) is 0.735. The Bertz CT molecular complexity index is 530. The Morgan fingerprint density at radius 3 is 2.65 bits per heavy atom. The Morgan fingerprint density at radius 2 is 1.88 bits per heavy atom. The maximum Gasteiger partial charge on any atom is 0.253 e. The van der Waals surface area contributed by atoms with Crippen molar-refractivity contribution in [1.29, 1.82) is 0 Å². The van der Waals surface area contributed by atoms with E-state index in [4.69, 9.17) is 0 Å². The SMILES string of the molecule is Cc1c(C)c2n(c(=O)c1C)CC1CNCC2C1. The summed E-state index contributed by atoms with van der Waals surface area (Å²) in [6.45, 7) is 9.20. The molecule has 0 aromatic carbocycles. The van der Waals surface area contributed by atoms with Crippen LogP contribution >= 0.6 is 0 Å². The molecule has 3 heterocycles. The fraction of sp³-hybridized carbons (Fsp3) is 0.643. The molecule has 0 saturated carbocycles. The summed E-state index contributed by atoms with van der Waals surface area (Å²) in [6, 6.07) is 0. The maximum atomic E-state index is 12.4. The first-order valence-corrected chi connectivity index (χ1v) is 6.50. The van der Waals surface area contributed by atoms with Gasteiger partial charge in [0.2, 0.25) is 0 Å². The third-order valence-corrected chi connectivity index (χ3v) is 4.64. The summed E-state index contributed by atoms with van der Waals surface area (Å²) in [5.74, 6) is 1.18. The van der Waals surface area contributed by atoms with Crippen LogP contribution in [0.5, 0.6) is 0 Å². The number of pyridine rings is 1. The summed E-state index contributed by atoms with van der Waals surface area (Å²) in [5.41, 5.74) is 4.97. The van der Waals surface area contributed by atoms with Gasteiger partial charge in [-0.15, -0.1) is 0 Å². The van der Waals surface area contributed by atoms with Crippen LogP contribution in [0, 0.1) is 26.7 Å². The number of hydrogen-bond acceptors (Lipinski definition) is 2. The highest BCUT2D eigenvalue weighted by atomic mass is 16.1. The standard InChI is InChI=1S/C14H20N2O/c1-8-9(2)13-12-4-11(5-15-6-12)7-16(13)14(17)10(8)3/h11-12,15H,4-7H2,1-3H3. The number of nitrogens with one attached hydrogen (secondary N) is 1. The molecule has 2 unspecified atom stereocenters. The van der Waals surface area contributed by atoms with Crippen molar-refractivity contribution in [3.05, 3.63) is 32.7 Å². The average molecular weight is 232 g/mol. The number of hydrogen-bond donors (Lipinski definition) is 1. The molecule has 92 valence electrons. The van der Waals surface area contributed by atoms with E-state index in [1.165, 1.54) is 23.2 Å². The van der Waals surface area contributed by atoms with Crippen molar-refractivity contribution in [3.63, 3.8) is 0 Å². The van der Waals surface area contributed by atoms with Crippen molar-refractivity contribution in [3.8, 4) is 0 Å². The lowest BCUT2D eigenvalue weighted by atomic mass is 9.81. The molecule has 1 fully saturated rings. The molecule has 2 bridgehead atoms. The molecule has 0 radical (unpaired) electrons. The molecule has 1 aromatic rings. The number of piperidine rings is 1. The van der Waals surface area contributed by atoms with Crippen LogP contribution in [0.4, 0.5) is 0 Å². The minimum Gasteiger partial charge on any atom is -0.316 e. The van der Waals surface area contributed by atoms with Crippen molar-refractivity contribution >= 4 is 0 Å². The van der Waals surface area contributed by atoms with Gasteiger partial charge in [0.25, 0.3) is 5.56 Å². The Kier molecular flexibility index (Phi) is 2.40. The molecule has 1 N–H and O–H groups in total. The Balaban J connectivity index is 2.28. The molecular weight excluding hydrogens is 212 g/mol. The van der Waals surface area contributed by atoms with Gasteiger partial charge in [-0.1, -0.05) is 0 Å². The molecule has 2 aliphatic rings. The van der Waals surface area contributed by atoms with E-state index in [-0.39, 0.29) is 5.56 Å². The highest BCUT2D eigenvalue weighted by molar-refractivity contribution is 5.37. The molecule has 0 amide bonds. The van der Waals surface area contributed by atoms with Gasteiger partial charge in [0, 0.05) is 30.3 Å². The topological polar surface area (TPSA) is 34.0 Å². The molecule has 2 atom stereocenters. The first-order chi connectivity index (χ1) is 8.09. The number of rotatable bonds is 0. The van der Waals surface area contributed by atoms with Crippen molar-refractivity contribution in [2.45, 2.75) is 39.7 Å². The molecular formula is C14H20N2O. The fourth-order valence-corrected chi connectivity index (χ4v) is 3.49. The van der Waals surface area contributed by atoms with Crippen LogP contribution in [0.3, 0.4) is 0 Å². The largest absolute Gasteiger partial charge is 0.316 e. The maximum absolute atomic E-state index is 12.4. The molecule has 3 nitrogen and oxygen atoms in total. The van der Waals surface area contributed by atoms with Crippen LogP contribution < -0.4 is 10.9 Å². The first-order valence-electron chi connectivity index (χ1n) is 6.50. The van der Waals surface area contributed by atoms with Crippen LogP contribution in [0.25, 0.3) is 0 Å². The highest BCUT2D eigenvalue weighted by Crippen LogP contribution is 2.34. The van der Waals surface area contributed by atoms with Crippen LogP contribution in [0.1, 0.15) is 34.7 Å². The number of nitrogens with zero attached hydrogens (tertiary/aromatic N) is 1. The van der Waals surface area contributed by atoms with Crippen LogP contribution in [0.15, 0.2) is 4.79 Å². The van der Waals surface area contributed by atoms with E-state index in [2.05, 4.69) is 23.7 Å². The second-order valence-corrected chi connectivity index (χ2v) is 5.63. The second kappa shape index (κ2) is 3.70. The second-order valence-electron chi connectivity index (χ2n) is 5.63. The van der Waals surface area contributed by atoms with E-state index in [1.54, 1.807) is 0 Å². The lowest BCUT2D eigenvalue weighted by Crippen LogP contribution is -2.46. The lowest BCUT2D eigenvalue weighted by molar-refractivity contribution is 0.255. The average Bonchev–Trinajstić information content (AvgIpc) is 2.33. The van der Waals surface area contributed by atoms with Gasteiger partial charge in [-0.25, -0.2) is 0 Å². The summed E-state index contributed by atoms with van der Waals surface area (Å²) in [6.07, 6.45) is 1.25. The Labute approximate surface area is 102 Å². The van der Waals surface area contributed by atoms with Crippen molar-refractivity contribution in [2.75, 3.05) is 13.1 Å². The van der Waals surface area contributed by atoms with E-state index in [0.29, 0.717) is 11.8 Å². The van der Waals surface area contributed by atoms with Crippen LogP contribution in [-0.2, 0) is 6.54 Å². The minimum absolute atomic E-state index is 0.236. The van der Waals surface area contributed by atoms with Gasteiger partial charge in [0.15, 0.2) is 0 Å². The zero-order valence-electron chi connectivity index (χ0n) is 10.8. The fourth-order valence-electron chi connectivity index (χ4n) is 3.49. The molecule has 0 spiro atoms. The van der Waals surface area contributed by atoms with Crippen LogP contribution in [0.2, 0.25) is 0 Å². The van der Waals surface area contributed by atoms with Gasteiger partial charge in [-0.3, -0.25) is 4.79 Å². The van der Waals surface area contributed by atoms with Gasteiger partial charge in [-0.2, -0.15) is 0 Å². The summed E-state index contributed by atoms with van der Waals surface area (Å²) >= 11 is 0. The molecule has 17 heavy (non-hydrogen) atoms. The van der Waals surface area contributed by atoms with Gasteiger partial charge < -0.3 is 9.88 Å². The molecule has 0 aliphatic carbocycles. The molecule has 2 aliphatic heterocycles. The van der Waals surface area contributed by atoms with E-state index < -0.39 is 0 Å². The third kappa shape index (κ3) is 1.48. The smallest absolute Gasteiger partial charge is 0.253 e. The van der Waals surface area contributed by atoms with Crippen LogP contribution in [-0.4, -0.2) is 17.7 Å². The van der Waals surface area contributed by atoms with E-state index >= 15 is 0 Å².